The molecule has 0 radical (unpaired) electrons. The van der Waals surface area contributed by atoms with E-state index >= 15 is 0 Å². The van der Waals surface area contributed by atoms with Crippen LogP contribution < -0.4 is 0 Å². The maximum absolute atomic E-state index is 10.4. The van der Waals surface area contributed by atoms with E-state index in [1.807, 2.05) is 13.0 Å². The van der Waals surface area contributed by atoms with E-state index in [0.717, 1.165) is 38.4 Å². The topological polar surface area (TPSA) is 37.3 Å². The van der Waals surface area contributed by atoms with Crippen LogP contribution in [0.15, 0.2) is 35.5 Å². The zero-order valence-corrected chi connectivity index (χ0v) is 15.1. The van der Waals surface area contributed by atoms with Crippen molar-refractivity contribution in [1.82, 2.24) is 0 Å². The van der Waals surface area contributed by atoms with Crippen LogP contribution in [0.3, 0.4) is 0 Å². The van der Waals surface area contributed by atoms with E-state index in [2.05, 4.69) is 45.9 Å². The molecule has 1 unspecified atom stereocenters. The first-order chi connectivity index (χ1) is 10.3. The Morgan fingerprint density at radius 1 is 1.18 bits per heavy atom. The summed E-state index contributed by atoms with van der Waals surface area (Å²) in [6.07, 6.45) is 14.6. The lowest BCUT2D eigenvalue weighted by Gasteiger charge is -2.18. The molecule has 0 aromatic carbocycles. The van der Waals surface area contributed by atoms with Gasteiger partial charge >= 0.3 is 0 Å². The summed E-state index contributed by atoms with van der Waals surface area (Å²) in [5.41, 5.74) is 1.88. The minimum Gasteiger partial charge on any atom is -0.386 e. The summed E-state index contributed by atoms with van der Waals surface area (Å²) in [5.74, 6) is 0.466. The van der Waals surface area contributed by atoms with E-state index < -0.39 is 5.60 Å². The van der Waals surface area contributed by atoms with Crippen LogP contribution in [0.4, 0.5) is 0 Å². The molecule has 2 heteroatoms. The molecule has 0 rings (SSSR count). The number of allylic oxidation sites excluding steroid dienone is 5. The summed E-state index contributed by atoms with van der Waals surface area (Å²) in [4.78, 5) is 10.4. The molecule has 0 saturated carbocycles. The predicted molar refractivity (Wildman–Crippen MR) is 95.9 cm³/mol. The van der Waals surface area contributed by atoms with E-state index in [1.165, 1.54) is 11.1 Å². The highest BCUT2D eigenvalue weighted by Gasteiger charge is 2.14. The highest BCUT2D eigenvalue weighted by Crippen LogP contribution is 2.17. The fourth-order valence-corrected chi connectivity index (χ4v) is 2.21. The lowest BCUT2D eigenvalue weighted by molar-refractivity contribution is -0.108. The van der Waals surface area contributed by atoms with Gasteiger partial charge in [0, 0.05) is 6.42 Å². The lowest BCUT2D eigenvalue weighted by atomic mass is 9.97. The van der Waals surface area contributed by atoms with Crippen LogP contribution in [-0.4, -0.2) is 17.0 Å². The van der Waals surface area contributed by atoms with Gasteiger partial charge in [-0.15, -0.1) is 0 Å². The van der Waals surface area contributed by atoms with Gasteiger partial charge in [0.05, 0.1) is 5.60 Å². The smallest absolute Gasteiger partial charge is 0.120 e. The van der Waals surface area contributed by atoms with E-state index in [4.69, 9.17) is 0 Å². The standard InChI is InChI=1S/C20H34O2/c1-17(2)9-7-14-20(5,22)15-8-12-18(3)10-6-11-19(4)13-16-21/h8-10,15-16,19,22H,6-7,11-14H2,1-5H3/t19?,20-/m1/s1. The van der Waals surface area contributed by atoms with Gasteiger partial charge in [0.25, 0.3) is 0 Å². The first-order valence-electron chi connectivity index (χ1n) is 8.39. The van der Waals surface area contributed by atoms with Crippen molar-refractivity contribution in [2.24, 2.45) is 5.92 Å². The van der Waals surface area contributed by atoms with Crippen LogP contribution in [0.2, 0.25) is 0 Å². The van der Waals surface area contributed by atoms with Crippen molar-refractivity contribution in [2.45, 2.75) is 78.7 Å². The van der Waals surface area contributed by atoms with Crippen molar-refractivity contribution in [1.29, 1.82) is 0 Å². The molecule has 0 aliphatic heterocycles. The molecule has 0 bridgehead atoms. The second-order valence-electron chi connectivity index (χ2n) is 6.92. The molecule has 0 aliphatic carbocycles. The zero-order chi connectivity index (χ0) is 17.0. The Balaban J connectivity index is 4.12. The van der Waals surface area contributed by atoms with Crippen molar-refractivity contribution in [2.75, 3.05) is 0 Å². The van der Waals surface area contributed by atoms with Crippen molar-refractivity contribution < 1.29 is 9.90 Å². The number of aliphatic hydroxyl groups is 1. The second kappa shape index (κ2) is 11.4. The van der Waals surface area contributed by atoms with Gasteiger partial charge in [0.2, 0.25) is 0 Å². The lowest BCUT2D eigenvalue weighted by Crippen LogP contribution is -2.19. The van der Waals surface area contributed by atoms with Gasteiger partial charge in [-0.2, -0.15) is 0 Å². The highest BCUT2D eigenvalue weighted by atomic mass is 16.3. The van der Waals surface area contributed by atoms with Crippen LogP contribution in [0.5, 0.6) is 0 Å². The van der Waals surface area contributed by atoms with E-state index in [0.29, 0.717) is 12.3 Å². The maximum Gasteiger partial charge on any atom is 0.120 e. The summed E-state index contributed by atoms with van der Waals surface area (Å²) >= 11 is 0. The number of rotatable bonds is 11. The number of carbonyl (C=O) groups excluding carboxylic acids is 1. The number of aldehydes is 1. The molecule has 0 aliphatic rings. The Labute approximate surface area is 137 Å². The van der Waals surface area contributed by atoms with Crippen molar-refractivity contribution in [3.63, 3.8) is 0 Å². The summed E-state index contributed by atoms with van der Waals surface area (Å²) in [6, 6.07) is 0. The first-order valence-corrected chi connectivity index (χ1v) is 8.39. The van der Waals surface area contributed by atoms with Gasteiger partial charge in [0.1, 0.15) is 6.29 Å². The molecule has 2 atom stereocenters. The zero-order valence-electron chi connectivity index (χ0n) is 15.1. The molecule has 2 nitrogen and oxygen atoms in total. The summed E-state index contributed by atoms with van der Waals surface area (Å²) in [6.45, 7) is 10.2. The van der Waals surface area contributed by atoms with Crippen LogP contribution >= 0.6 is 0 Å². The molecule has 0 saturated heterocycles. The van der Waals surface area contributed by atoms with Crippen molar-refractivity contribution in [3.8, 4) is 0 Å². The molecule has 0 fully saturated rings. The molecule has 0 amide bonds. The SMILES string of the molecule is CC(C)=CCC[C@@](C)(O)C=CCC(C)=CCCC(C)CC=O. The van der Waals surface area contributed by atoms with E-state index in [-0.39, 0.29) is 0 Å². The van der Waals surface area contributed by atoms with Gasteiger partial charge in [0.15, 0.2) is 0 Å². The summed E-state index contributed by atoms with van der Waals surface area (Å²) in [7, 11) is 0. The van der Waals surface area contributed by atoms with E-state index in [1.54, 1.807) is 0 Å². The van der Waals surface area contributed by atoms with Gasteiger partial charge in [-0.1, -0.05) is 42.4 Å². The fraction of sp³-hybridized carbons (Fsp3) is 0.650. The molecule has 0 heterocycles. The maximum atomic E-state index is 10.4. The average Bonchev–Trinajstić information content (AvgIpc) is 2.38. The van der Waals surface area contributed by atoms with Gasteiger partial charge in [-0.25, -0.2) is 0 Å². The number of carbonyl (C=O) groups is 1. The first kappa shape index (κ1) is 20.9. The molecular formula is C20H34O2. The molecule has 22 heavy (non-hydrogen) atoms. The van der Waals surface area contributed by atoms with E-state index in [9.17, 15) is 9.90 Å². The van der Waals surface area contributed by atoms with Crippen LogP contribution in [0.25, 0.3) is 0 Å². The van der Waals surface area contributed by atoms with Crippen molar-refractivity contribution in [3.05, 3.63) is 35.5 Å². The molecule has 126 valence electrons. The Morgan fingerprint density at radius 2 is 1.86 bits per heavy atom. The highest BCUT2D eigenvalue weighted by molar-refractivity contribution is 5.49. The molecule has 0 aromatic rings. The Morgan fingerprint density at radius 3 is 2.45 bits per heavy atom. The quantitative estimate of drug-likeness (QED) is 0.411. The monoisotopic (exact) mass is 306 g/mol. The minimum absolute atomic E-state index is 0.466. The second-order valence-corrected chi connectivity index (χ2v) is 6.92. The van der Waals surface area contributed by atoms with Crippen LogP contribution in [0.1, 0.15) is 73.1 Å². The largest absolute Gasteiger partial charge is 0.386 e. The molecule has 1 N–H and O–H groups in total. The normalized spacial score (nSPS) is 16.4. The Kier molecular flexibility index (Phi) is 10.8. The predicted octanol–water partition coefficient (Wildman–Crippen LogP) is 5.38. The number of hydrogen-bond acceptors (Lipinski definition) is 2. The Bertz CT molecular complexity index is 396. The van der Waals surface area contributed by atoms with Gasteiger partial charge in [-0.3, -0.25) is 0 Å². The third-order valence-corrected chi connectivity index (χ3v) is 3.77. The molecule has 0 aromatic heterocycles. The third kappa shape index (κ3) is 12.6. The molecule has 0 spiro atoms. The summed E-state index contributed by atoms with van der Waals surface area (Å²) < 4.78 is 0. The van der Waals surface area contributed by atoms with Gasteiger partial charge < -0.3 is 9.90 Å². The molecular weight excluding hydrogens is 272 g/mol. The van der Waals surface area contributed by atoms with Crippen LogP contribution in [0, 0.1) is 5.92 Å². The third-order valence-electron chi connectivity index (χ3n) is 3.77. The van der Waals surface area contributed by atoms with Crippen molar-refractivity contribution >= 4 is 6.29 Å². The summed E-state index contributed by atoms with van der Waals surface area (Å²) in [5, 5.41) is 10.3. The minimum atomic E-state index is -0.731. The van der Waals surface area contributed by atoms with Crippen LogP contribution in [-0.2, 0) is 4.79 Å². The fourth-order valence-electron chi connectivity index (χ4n) is 2.21. The number of hydrogen-bond donors (Lipinski definition) is 1. The van der Waals surface area contributed by atoms with Gasteiger partial charge in [-0.05, 0) is 65.7 Å². The Hall–Kier alpha value is -1.15. The average molecular weight is 306 g/mol.